The van der Waals surface area contributed by atoms with Gasteiger partial charge in [0.15, 0.2) is 0 Å². The van der Waals surface area contributed by atoms with Crippen LogP contribution in [0.25, 0.3) is 45.3 Å². The zero-order valence-electron chi connectivity index (χ0n) is 18.1. The molecule has 0 saturated heterocycles. The lowest BCUT2D eigenvalue weighted by molar-refractivity contribution is 0.875. The van der Waals surface area contributed by atoms with Gasteiger partial charge in [-0.25, -0.2) is 0 Å². The van der Waals surface area contributed by atoms with Crippen LogP contribution in [-0.4, -0.2) is 25.3 Å². The quantitative estimate of drug-likeness (QED) is 0.388. The number of fused-ring (bicyclic) bond motifs is 6. The lowest BCUT2D eigenvalue weighted by atomic mass is 10.1. The molecule has 2 aliphatic heterocycles. The average Bonchev–Trinajstić information content (AvgIpc) is 3.10. The van der Waals surface area contributed by atoms with Crippen LogP contribution in [0, 0.1) is 0 Å². The van der Waals surface area contributed by atoms with Gasteiger partial charge in [0.25, 0.3) is 0 Å². The molecule has 4 aromatic heterocycles. The summed E-state index contributed by atoms with van der Waals surface area (Å²) in [6.45, 7) is 0.739. The molecule has 0 atom stereocenters. The highest BCUT2D eigenvalue weighted by atomic mass is 15.0. The number of hydrogen-bond donors (Lipinski definition) is 1. The first-order valence-electron chi connectivity index (χ1n) is 11.1. The third-order valence-electron chi connectivity index (χ3n) is 6.38. The molecule has 7 rings (SSSR count). The van der Waals surface area contributed by atoms with Gasteiger partial charge in [0.2, 0.25) is 0 Å². The number of aromatic nitrogens is 4. The largest absolute Gasteiger partial charge is 0.380 e. The van der Waals surface area contributed by atoms with Crippen molar-refractivity contribution >= 4 is 40.2 Å². The van der Waals surface area contributed by atoms with Gasteiger partial charge < -0.3 is 14.5 Å². The summed E-state index contributed by atoms with van der Waals surface area (Å²) in [6, 6.07) is 12.7. The smallest absolute Gasteiger partial charge is 0.0687 e. The topological polar surface area (TPSA) is 60.0 Å². The normalized spacial score (nSPS) is 13.6. The van der Waals surface area contributed by atoms with E-state index in [1.165, 1.54) is 5.56 Å². The Bertz CT molecular complexity index is 1770. The van der Waals surface area contributed by atoms with Crippen LogP contribution in [-0.2, 0) is 6.54 Å². The van der Waals surface area contributed by atoms with E-state index in [9.17, 15) is 0 Å². The van der Waals surface area contributed by atoms with Crippen LogP contribution in [0.2, 0.25) is 0 Å². The van der Waals surface area contributed by atoms with Crippen LogP contribution in [0.3, 0.4) is 0 Å². The summed E-state index contributed by atoms with van der Waals surface area (Å²) in [7, 11) is 0. The van der Waals surface area contributed by atoms with Crippen molar-refractivity contribution in [3.05, 3.63) is 108 Å². The van der Waals surface area contributed by atoms with Gasteiger partial charge in [-0.1, -0.05) is 5.73 Å². The summed E-state index contributed by atoms with van der Waals surface area (Å²) in [6.07, 6.45) is 16.9. The second-order valence-electron chi connectivity index (χ2n) is 8.19. The molecule has 34 heavy (non-hydrogen) atoms. The Morgan fingerprint density at radius 2 is 1.44 bits per heavy atom. The van der Waals surface area contributed by atoms with Crippen LogP contribution < -0.4 is 5.32 Å². The van der Waals surface area contributed by atoms with Crippen LogP contribution in [0.1, 0.15) is 22.5 Å². The molecular formula is C28H18N6. The number of pyridine rings is 2. The Morgan fingerprint density at radius 3 is 2.24 bits per heavy atom. The first-order valence-corrected chi connectivity index (χ1v) is 11.1. The Labute approximate surface area is 195 Å². The van der Waals surface area contributed by atoms with Crippen molar-refractivity contribution in [3.8, 4) is 11.4 Å². The third-order valence-corrected chi connectivity index (χ3v) is 6.38. The maximum absolute atomic E-state index is 4.37. The standard InChI is InChI=1S/C28H18N6/c1-3-25-21(15-29-11-1)23-17-31-13-9-27(23)33(25)19-5-7-20(8-6-19)34-26-4-2-12-30-16-22(26)24-18-32-14-10-28(24)34/h3-15,17-18,30H,16H2. The minimum Gasteiger partial charge on any atom is -0.380 e. The zero-order chi connectivity index (χ0) is 22.5. The maximum atomic E-state index is 4.37. The van der Waals surface area contributed by atoms with Gasteiger partial charge in [-0.15, -0.1) is 5.73 Å². The Hall–Kier alpha value is -4.89. The Kier molecular flexibility index (Phi) is 4.02. The maximum Gasteiger partial charge on any atom is 0.0687 e. The fourth-order valence-electron chi connectivity index (χ4n) is 4.92. The van der Waals surface area contributed by atoms with Crippen molar-refractivity contribution in [3.63, 3.8) is 0 Å². The highest BCUT2D eigenvalue weighted by Crippen LogP contribution is 2.33. The van der Waals surface area contributed by atoms with E-state index in [1.807, 2.05) is 55.4 Å². The predicted octanol–water partition coefficient (Wildman–Crippen LogP) is 5.15. The number of rotatable bonds is 2. The van der Waals surface area contributed by atoms with E-state index >= 15 is 0 Å². The highest BCUT2D eigenvalue weighted by molar-refractivity contribution is 6.04. The highest BCUT2D eigenvalue weighted by Gasteiger charge is 2.19. The molecule has 0 bridgehead atoms. The minimum atomic E-state index is 0.739. The summed E-state index contributed by atoms with van der Waals surface area (Å²) in [5.74, 6) is 0. The number of nitrogens with zero attached hydrogens (tertiary/aromatic N) is 5. The number of nitrogens with one attached hydrogen (secondary N) is 1. The lowest BCUT2D eigenvalue weighted by Crippen LogP contribution is -2.04. The van der Waals surface area contributed by atoms with Gasteiger partial charge in [0, 0.05) is 89.2 Å². The van der Waals surface area contributed by atoms with Crippen molar-refractivity contribution < 1.29 is 0 Å². The molecular weight excluding hydrogens is 420 g/mol. The van der Waals surface area contributed by atoms with Crippen LogP contribution >= 0.6 is 0 Å². The van der Waals surface area contributed by atoms with Gasteiger partial charge in [-0.2, -0.15) is 0 Å². The van der Waals surface area contributed by atoms with E-state index in [2.05, 4.69) is 71.2 Å². The molecule has 160 valence electrons. The number of hydrogen-bond acceptors (Lipinski definition) is 4. The fourth-order valence-corrected chi connectivity index (χ4v) is 4.92. The molecule has 0 amide bonds. The third kappa shape index (κ3) is 2.68. The van der Waals surface area contributed by atoms with E-state index in [1.54, 1.807) is 6.20 Å². The molecule has 0 unspecified atom stereocenters. The van der Waals surface area contributed by atoms with Gasteiger partial charge in [0.05, 0.1) is 28.6 Å². The number of aliphatic imine (C=N–C) groups is 1. The first kappa shape index (κ1) is 18.7. The summed E-state index contributed by atoms with van der Waals surface area (Å²) >= 11 is 0. The summed E-state index contributed by atoms with van der Waals surface area (Å²) in [5, 5.41) is 5.51. The molecule has 1 aromatic carbocycles. The zero-order valence-corrected chi connectivity index (χ0v) is 18.1. The van der Waals surface area contributed by atoms with Crippen molar-refractivity contribution in [1.29, 1.82) is 0 Å². The summed E-state index contributed by atoms with van der Waals surface area (Å²) < 4.78 is 4.51. The molecule has 0 saturated carbocycles. The second kappa shape index (κ2) is 7.32. The molecule has 1 N–H and O–H groups in total. The van der Waals surface area contributed by atoms with E-state index in [4.69, 9.17) is 0 Å². The average molecular weight is 438 g/mol. The van der Waals surface area contributed by atoms with E-state index in [0.29, 0.717) is 0 Å². The lowest BCUT2D eigenvalue weighted by Gasteiger charge is -2.12. The molecule has 0 spiro atoms. The van der Waals surface area contributed by atoms with Gasteiger partial charge in [0.1, 0.15) is 0 Å². The minimum absolute atomic E-state index is 0.739. The Morgan fingerprint density at radius 1 is 0.765 bits per heavy atom. The van der Waals surface area contributed by atoms with E-state index < -0.39 is 0 Å². The molecule has 5 aromatic rings. The molecule has 6 nitrogen and oxygen atoms in total. The predicted molar refractivity (Wildman–Crippen MR) is 135 cm³/mol. The van der Waals surface area contributed by atoms with Crippen LogP contribution in [0.4, 0.5) is 0 Å². The molecule has 0 fully saturated rings. The molecule has 6 heterocycles. The molecule has 0 radical (unpaired) electrons. The van der Waals surface area contributed by atoms with Crippen LogP contribution in [0.15, 0.2) is 90.0 Å². The van der Waals surface area contributed by atoms with Gasteiger partial charge >= 0.3 is 0 Å². The molecule has 0 aliphatic carbocycles. The Balaban J connectivity index is 1.44. The fraction of sp³-hybridized carbons (Fsp3) is 0.0357. The van der Waals surface area contributed by atoms with Gasteiger partial charge in [-0.3, -0.25) is 15.0 Å². The molecule has 6 heteroatoms. The van der Waals surface area contributed by atoms with Crippen molar-refractivity contribution in [2.75, 3.05) is 0 Å². The molecule has 2 aliphatic rings. The van der Waals surface area contributed by atoms with E-state index in [0.717, 1.165) is 56.7 Å². The SMILES string of the molecule is C1=CN=Cc2c(n(-c3ccc(-n4c5c(c6cnccc64)CNC=C=C5)cc3)c3ccncc23)C=1. The number of benzene rings is 1. The van der Waals surface area contributed by atoms with Crippen molar-refractivity contribution in [2.45, 2.75) is 6.54 Å². The van der Waals surface area contributed by atoms with E-state index in [-0.39, 0.29) is 0 Å². The summed E-state index contributed by atoms with van der Waals surface area (Å²) in [5.41, 5.74) is 15.2. The van der Waals surface area contributed by atoms with Crippen molar-refractivity contribution in [2.24, 2.45) is 4.99 Å². The van der Waals surface area contributed by atoms with Gasteiger partial charge in [-0.05, 0) is 36.4 Å². The van der Waals surface area contributed by atoms with Crippen LogP contribution in [0.5, 0.6) is 0 Å². The second-order valence-corrected chi connectivity index (χ2v) is 8.19. The summed E-state index contributed by atoms with van der Waals surface area (Å²) in [4.78, 5) is 13.0. The van der Waals surface area contributed by atoms with Crippen molar-refractivity contribution in [1.82, 2.24) is 24.4 Å². The first-order chi connectivity index (χ1) is 16.9. The monoisotopic (exact) mass is 438 g/mol.